The van der Waals surface area contributed by atoms with Crippen molar-refractivity contribution in [1.82, 2.24) is 25.1 Å². The Hall–Kier alpha value is -2.18. The van der Waals surface area contributed by atoms with Crippen molar-refractivity contribution in [2.45, 2.75) is 19.8 Å². The van der Waals surface area contributed by atoms with Gasteiger partial charge in [0.05, 0.1) is 17.3 Å². The number of rotatable bonds is 3. The first-order chi connectivity index (χ1) is 12.3. The summed E-state index contributed by atoms with van der Waals surface area (Å²) in [5.41, 5.74) is 1.74. The molecule has 0 saturated carbocycles. The molecule has 0 amide bonds. The van der Waals surface area contributed by atoms with E-state index in [0.717, 1.165) is 67.4 Å². The predicted molar refractivity (Wildman–Crippen MR) is 101 cm³/mol. The fraction of sp³-hybridized carbons (Fsp3) is 0.389. The van der Waals surface area contributed by atoms with Crippen LogP contribution in [0.2, 0.25) is 5.02 Å². The summed E-state index contributed by atoms with van der Waals surface area (Å²) in [6.45, 7) is 6.03. The van der Waals surface area contributed by atoms with Gasteiger partial charge in [0, 0.05) is 31.1 Å². The molecule has 4 rings (SSSR count). The van der Waals surface area contributed by atoms with E-state index < -0.39 is 0 Å². The summed E-state index contributed by atoms with van der Waals surface area (Å²) in [7, 11) is 0. The summed E-state index contributed by atoms with van der Waals surface area (Å²) in [4.78, 5) is 11.9. The van der Waals surface area contributed by atoms with Crippen LogP contribution in [0.1, 0.15) is 19.2 Å². The molecule has 7 heteroatoms. The Labute approximate surface area is 151 Å². The zero-order valence-corrected chi connectivity index (χ0v) is 15.0. The van der Waals surface area contributed by atoms with Gasteiger partial charge in [-0.3, -0.25) is 0 Å². The van der Waals surface area contributed by atoms with Gasteiger partial charge in [-0.15, -0.1) is 0 Å². The summed E-state index contributed by atoms with van der Waals surface area (Å²) < 4.78 is 1.85. The highest BCUT2D eigenvalue weighted by Gasteiger charge is 2.19. The van der Waals surface area contributed by atoms with Crippen LogP contribution in [0.4, 0.5) is 5.82 Å². The molecule has 25 heavy (non-hydrogen) atoms. The molecule has 1 N–H and O–H groups in total. The van der Waals surface area contributed by atoms with Crippen molar-refractivity contribution in [3.8, 4) is 5.69 Å². The molecule has 0 radical (unpaired) electrons. The zero-order valence-electron chi connectivity index (χ0n) is 14.2. The van der Waals surface area contributed by atoms with E-state index in [2.05, 4.69) is 22.2 Å². The molecular weight excluding hydrogens is 336 g/mol. The van der Waals surface area contributed by atoms with Crippen molar-refractivity contribution < 1.29 is 0 Å². The minimum atomic E-state index is 0.685. The Kier molecular flexibility index (Phi) is 4.55. The van der Waals surface area contributed by atoms with Gasteiger partial charge >= 0.3 is 0 Å². The molecule has 0 aliphatic carbocycles. The molecule has 6 nitrogen and oxygen atoms in total. The van der Waals surface area contributed by atoms with E-state index in [1.54, 1.807) is 0 Å². The van der Waals surface area contributed by atoms with Crippen LogP contribution in [0.15, 0.2) is 30.5 Å². The van der Waals surface area contributed by atoms with Gasteiger partial charge in [-0.05, 0) is 31.2 Å². The lowest BCUT2D eigenvalue weighted by Crippen LogP contribution is -2.29. The second-order valence-electron chi connectivity index (χ2n) is 6.18. The number of benzene rings is 1. The lowest BCUT2D eigenvalue weighted by molar-refractivity contribution is 0.724. The van der Waals surface area contributed by atoms with E-state index >= 15 is 0 Å². The molecule has 130 valence electrons. The van der Waals surface area contributed by atoms with Gasteiger partial charge < -0.3 is 10.2 Å². The van der Waals surface area contributed by atoms with Crippen molar-refractivity contribution in [2.75, 3.05) is 31.1 Å². The average Bonchev–Trinajstić information content (AvgIpc) is 2.86. The molecular formula is C18H21ClN6. The fourth-order valence-electron chi connectivity index (χ4n) is 3.19. The number of anilines is 1. The van der Waals surface area contributed by atoms with Gasteiger partial charge in [0.2, 0.25) is 0 Å². The lowest BCUT2D eigenvalue weighted by Gasteiger charge is -2.22. The number of fused-ring (bicyclic) bond motifs is 1. The van der Waals surface area contributed by atoms with Crippen molar-refractivity contribution in [3.63, 3.8) is 0 Å². The molecule has 0 unspecified atom stereocenters. The molecule has 1 aromatic carbocycles. The highest BCUT2D eigenvalue weighted by atomic mass is 35.5. The number of aromatic nitrogens is 4. The Morgan fingerprint density at radius 3 is 2.96 bits per heavy atom. The number of hydrogen-bond acceptors (Lipinski definition) is 5. The highest BCUT2D eigenvalue weighted by molar-refractivity contribution is 6.30. The van der Waals surface area contributed by atoms with Crippen LogP contribution in [0.3, 0.4) is 0 Å². The Balaban J connectivity index is 1.87. The van der Waals surface area contributed by atoms with Gasteiger partial charge in [0.25, 0.3) is 0 Å². The molecule has 1 aliphatic rings. The first-order valence-electron chi connectivity index (χ1n) is 8.72. The second kappa shape index (κ2) is 6.98. The summed E-state index contributed by atoms with van der Waals surface area (Å²) in [6.07, 6.45) is 3.76. The van der Waals surface area contributed by atoms with Crippen LogP contribution in [-0.4, -0.2) is 45.9 Å². The van der Waals surface area contributed by atoms with Crippen molar-refractivity contribution in [2.24, 2.45) is 0 Å². The Bertz CT molecular complexity index is 882. The largest absolute Gasteiger partial charge is 0.355 e. The van der Waals surface area contributed by atoms with Crippen molar-refractivity contribution in [3.05, 3.63) is 41.3 Å². The van der Waals surface area contributed by atoms with Crippen molar-refractivity contribution >= 4 is 28.5 Å². The van der Waals surface area contributed by atoms with E-state index in [-0.39, 0.29) is 0 Å². The number of nitrogens with zero attached hydrogens (tertiary/aromatic N) is 5. The lowest BCUT2D eigenvalue weighted by atomic mass is 10.3. The molecule has 1 saturated heterocycles. The maximum Gasteiger partial charge on any atom is 0.168 e. The minimum absolute atomic E-state index is 0.685. The Morgan fingerprint density at radius 1 is 1.20 bits per heavy atom. The zero-order chi connectivity index (χ0) is 17.2. The number of aryl methyl sites for hydroxylation is 1. The van der Waals surface area contributed by atoms with Crippen LogP contribution in [0.5, 0.6) is 0 Å². The molecule has 1 fully saturated rings. The average molecular weight is 357 g/mol. The summed E-state index contributed by atoms with van der Waals surface area (Å²) >= 11 is 6.15. The molecule has 2 aromatic heterocycles. The maximum absolute atomic E-state index is 6.15. The predicted octanol–water partition coefficient (Wildman–Crippen LogP) is 2.83. The number of nitrogens with one attached hydrogen (secondary N) is 1. The van der Waals surface area contributed by atoms with Crippen LogP contribution in [0, 0.1) is 0 Å². The van der Waals surface area contributed by atoms with Crippen LogP contribution < -0.4 is 10.2 Å². The smallest absolute Gasteiger partial charge is 0.168 e. The molecule has 1 aliphatic heterocycles. The SMILES string of the molecule is CCc1nc(N2CCCNCC2)c2cnn(-c3cccc(Cl)c3)c2n1. The van der Waals surface area contributed by atoms with Gasteiger partial charge in [0.15, 0.2) is 5.65 Å². The van der Waals surface area contributed by atoms with Crippen LogP contribution >= 0.6 is 11.6 Å². The van der Waals surface area contributed by atoms with Gasteiger partial charge in [-0.1, -0.05) is 24.6 Å². The topological polar surface area (TPSA) is 58.9 Å². The maximum atomic E-state index is 6.15. The number of halogens is 1. The van der Waals surface area contributed by atoms with Gasteiger partial charge in [-0.25, -0.2) is 14.6 Å². The van der Waals surface area contributed by atoms with E-state index in [1.807, 2.05) is 35.1 Å². The van der Waals surface area contributed by atoms with Crippen LogP contribution in [-0.2, 0) is 6.42 Å². The summed E-state index contributed by atoms with van der Waals surface area (Å²) in [5, 5.41) is 9.68. The third-order valence-corrected chi connectivity index (χ3v) is 4.70. The van der Waals surface area contributed by atoms with Gasteiger partial charge in [-0.2, -0.15) is 5.10 Å². The molecule has 3 heterocycles. The highest BCUT2D eigenvalue weighted by Crippen LogP contribution is 2.27. The number of hydrogen-bond donors (Lipinski definition) is 1. The molecule has 0 atom stereocenters. The van der Waals surface area contributed by atoms with Gasteiger partial charge in [0.1, 0.15) is 11.6 Å². The van der Waals surface area contributed by atoms with E-state index in [4.69, 9.17) is 21.6 Å². The van der Waals surface area contributed by atoms with Crippen LogP contribution in [0.25, 0.3) is 16.7 Å². The van der Waals surface area contributed by atoms with Crippen molar-refractivity contribution in [1.29, 1.82) is 0 Å². The van der Waals surface area contributed by atoms with E-state index in [1.165, 1.54) is 0 Å². The Morgan fingerprint density at radius 2 is 2.12 bits per heavy atom. The minimum Gasteiger partial charge on any atom is -0.355 e. The standard InChI is InChI=1S/C18H21ClN6/c1-2-16-22-17(24-9-4-7-20-8-10-24)15-12-21-25(18(15)23-16)14-6-3-5-13(19)11-14/h3,5-6,11-12,20H,2,4,7-10H2,1H3. The molecule has 0 spiro atoms. The second-order valence-corrected chi connectivity index (χ2v) is 6.62. The fourth-order valence-corrected chi connectivity index (χ4v) is 3.38. The first-order valence-corrected chi connectivity index (χ1v) is 9.10. The quantitative estimate of drug-likeness (QED) is 0.782. The third kappa shape index (κ3) is 3.19. The molecule has 3 aromatic rings. The monoisotopic (exact) mass is 356 g/mol. The summed E-state index contributed by atoms with van der Waals surface area (Å²) in [5.74, 6) is 1.82. The first kappa shape index (κ1) is 16.3. The normalized spacial score (nSPS) is 15.5. The third-order valence-electron chi connectivity index (χ3n) is 4.46. The summed E-state index contributed by atoms with van der Waals surface area (Å²) in [6, 6.07) is 7.67. The van der Waals surface area contributed by atoms with E-state index in [9.17, 15) is 0 Å². The van der Waals surface area contributed by atoms with E-state index in [0.29, 0.717) is 5.02 Å². The molecule has 0 bridgehead atoms.